The van der Waals surface area contributed by atoms with Crippen molar-refractivity contribution in [1.82, 2.24) is 4.98 Å². The fourth-order valence-electron chi connectivity index (χ4n) is 2.89. The van der Waals surface area contributed by atoms with E-state index in [1.54, 1.807) is 13.1 Å². The van der Waals surface area contributed by atoms with Crippen molar-refractivity contribution < 1.29 is 9.53 Å². The minimum atomic E-state index is -0.370. The SMILES string of the molecule is CCOC(=O)c1cnc2ccc(C)cc2c1Nc1ccc(C)cc1C. The van der Waals surface area contributed by atoms with Gasteiger partial charge in [0.1, 0.15) is 5.56 Å². The maximum atomic E-state index is 12.4. The molecule has 1 N–H and O–H groups in total. The maximum absolute atomic E-state index is 12.4. The first-order valence-corrected chi connectivity index (χ1v) is 8.40. The van der Waals surface area contributed by atoms with E-state index < -0.39 is 0 Å². The zero-order chi connectivity index (χ0) is 18.0. The number of carbonyl (C=O) groups excluding carboxylic acids is 1. The molecule has 0 aliphatic rings. The zero-order valence-corrected chi connectivity index (χ0v) is 15.0. The standard InChI is InChI=1S/C21H22N2O2/c1-5-25-21(24)17-12-22-19-9-7-14(3)11-16(19)20(17)23-18-8-6-13(2)10-15(18)4/h6-12H,5H2,1-4H3,(H,22,23). The third-order valence-corrected chi connectivity index (χ3v) is 4.16. The Hall–Kier alpha value is -2.88. The number of nitrogens with one attached hydrogen (secondary N) is 1. The molecule has 0 saturated heterocycles. The van der Waals surface area contributed by atoms with E-state index in [0.717, 1.165) is 33.4 Å². The van der Waals surface area contributed by atoms with Crippen LogP contribution in [0.25, 0.3) is 10.9 Å². The first-order chi connectivity index (χ1) is 12.0. The Morgan fingerprint density at radius 3 is 2.52 bits per heavy atom. The minimum absolute atomic E-state index is 0.327. The number of benzene rings is 2. The molecule has 0 radical (unpaired) electrons. The van der Waals surface area contributed by atoms with Gasteiger partial charge in [0, 0.05) is 17.3 Å². The second-order valence-electron chi connectivity index (χ2n) is 6.23. The van der Waals surface area contributed by atoms with Crippen LogP contribution in [0.3, 0.4) is 0 Å². The summed E-state index contributed by atoms with van der Waals surface area (Å²) >= 11 is 0. The summed E-state index contributed by atoms with van der Waals surface area (Å²) in [5.41, 5.74) is 6.41. The van der Waals surface area contributed by atoms with Gasteiger partial charge in [0.05, 0.1) is 17.8 Å². The lowest BCUT2D eigenvalue weighted by atomic mass is 10.1. The van der Waals surface area contributed by atoms with Crippen LogP contribution in [0, 0.1) is 20.8 Å². The van der Waals surface area contributed by atoms with Gasteiger partial charge in [-0.2, -0.15) is 0 Å². The number of anilines is 2. The second-order valence-corrected chi connectivity index (χ2v) is 6.23. The van der Waals surface area contributed by atoms with Gasteiger partial charge in [-0.15, -0.1) is 0 Å². The highest BCUT2D eigenvalue weighted by atomic mass is 16.5. The topological polar surface area (TPSA) is 51.2 Å². The Morgan fingerprint density at radius 2 is 1.80 bits per heavy atom. The number of esters is 1. The van der Waals surface area contributed by atoms with E-state index in [1.807, 2.05) is 44.2 Å². The predicted molar refractivity (Wildman–Crippen MR) is 102 cm³/mol. The number of carbonyl (C=O) groups is 1. The first-order valence-electron chi connectivity index (χ1n) is 8.40. The van der Waals surface area contributed by atoms with Crippen molar-refractivity contribution in [3.05, 3.63) is 64.8 Å². The number of hydrogen-bond donors (Lipinski definition) is 1. The summed E-state index contributed by atoms with van der Waals surface area (Å²) in [4.78, 5) is 16.8. The fraction of sp³-hybridized carbons (Fsp3) is 0.238. The summed E-state index contributed by atoms with van der Waals surface area (Å²) in [5.74, 6) is -0.370. The Morgan fingerprint density at radius 1 is 1.08 bits per heavy atom. The molecule has 0 unspecified atom stereocenters. The summed E-state index contributed by atoms with van der Waals surface area (Å²) in [5, 5.41) is 4.34. The van der Waals surface area contributed by atoms with Crippen molar-refractivity contribution in [2.45, 2.75) is 27.7 Å². The molecular formula is C21H22N2O2. The molecule has 3 rings (SSSR count). The molecule has 25 heavy (non-hydrogen) atoms. The molecule has 2 aromatic carbocycles. The molecule has 0 atom stereocenters. The largest absolute Gasteiger partial charge is 0.462 e. The molecule has 128 valence electrons. The van der Waals surface area contributed by atoms with Crippen molar-refractivity contribution in [1.29, 1.82) is 0 Å². The van der Waals surface area contributed by atoms with Gasteiger partial charge >= 0.3 is 5.97 Å². The number of pyridine rings is 1. The summed E-state index contributed by atoms with van der Waals surface area (Å²) in [6, 6.07) is 12.2. The Kier molecular flexibility index (Phi) is 4.70. The van der Waals surface area contributed by atoms with E-state index in [4.69, 9.17) is 4.74 Å². The van der Waals surface area contributed by atoms with E-state index in [0.29, 0.717) is 12.2 Å². The molecule has 1 heterocycles. The Balaban J connectivity index is 2.19. The van der Waals surface area contributed by atoms with Gasteiger partial charge in [0.2, 0.25) is 0 Å². The quantitative estimate of drug-likeness (QED) is 0.676. The van der Waals surface area contributed by atoms with Crippen LogP contribution in [0.15, 0.2) is 42.6 Å². The number of ether oxygens (including phenoxy) is 1. The summed E-state index contributed by atoms with van der Waals surface area (Å²) in [6.45, 7) is 8.26. The van der Waals surface area contributed by atoms with Gasteiger partial charge < -0.3 is 10.1 Å². The van der Waals surface area contributed by atoms with Gasteiger partial charge in [0.15, 0.2) is 0 Å². The molecule has 0 spiro atoms. The van der Waals surface area contributed by atoms with Gasteiger partial charge in [-0.3, -0.25) is 4.98 Å². The third kappa shape index (κ3) is 3.48. The van der Waals surface area contributed by atoms with Crippen LogP contribution in [0.2, 0.25) is 0 Å². The molecule has 0 saturated carbocycles. The predicted octanol–water partition coefficient (Wildman–Crippen LogP) is 5.08. The Labute approximate surface area is 147 Å². The molecule has 3 aromatic rings. The number of aryl methyl sites for hydroxylation is 3. The van der Waals surface area contributed by atoms with Gasteiger partial charge in [-0.25, -0.2) is 4.79 Å². The summed E-state index contributed by atoms with van der Waals surface area (Å²) in [7, 11) is 0. The molecule has 0 amide bonds. The van der Waals surface area contributed by atoms with E-state index in [9.17, 15) is 4.79 Å². The van der Waals surface area contributed by atoms with E-state index >= 15 is 0 Å². The smallest absolute Gasteiger partial charge is 0.341 e. The van der Waals surface area contributed by atoms with Crippen LogP contribution in [0.1, 0.15) is 34.0 Å². The van der Waals surface area contributed by atoms with Gasteiger partial charge in [0.25, 0.3) is 0 Å². The van der Waals surface area contributed by atoms with Crippen molar-refractivity contribution in [2.24, 2.45) is 0 Å². The van der Waals surface area contributed by atoms with E-state index in [-0.39, 0.29) is 5.97 Å². The molecule has 4 nitrogen and oxygen atoms in total. The number of fused-ring (bicyclic) bond motifs is 1. The fourth-order valence-corrected chi connectivity index (χ4v) is 2.89. The van der Waals surface area contributed by atoms with Crippen LogP contribution < -0.4 is 5.32 Å². The van der Waals surface area contributed by atoms with Crippen LogP contribution >= 0.6 is 0 Å². The molecule has 0 aliphatic carbocycles. The van der Waals surface area contributed by atoms with Crippen LogP contribution in [-0.2, 0) is 4.74 Å². The third-order valence-electron chi connectivity index (χ3n) is 4.16. The van der Waals surface area contributed by atoms with Crippen molar-refractivity contribution in [3.8, 4) is 0 Å². The average Bonchev–Trinajstić information content (AvgIpc) is 2.57. The number of rotatable bonds is 4. The lowest BCUT2D eigenvalue weighted by Gasteiger charge is -2.16. The highest BCUT2D eigenvalue weighted by molar-refractivity contribution is 6.06. The van der Waals surface area contributed by atoms with Crippen molar-refractivity contribution in [3.63, 3.8) is 0 Å². The lowest BCUT2D eigenvalue weighted by Crippen LogP contribution is -2.09. The lowest BCUT2D eigenvalue weighted by molar-refractivity contribution is 0.0527. The number of aromatic nitrogens is 1. The minimum Gasteiger partial charge on any atom is -0.462 e. The van der Waals surface area contributed by atoms with Crippen molar-refractivity contribution in [2.75, 3.05) is 11.9 Å². The molecular weight excluding hydrogens is 312 g/mol. The molecule has 4 heteroatoms. The monoisotopic (exact) mass is 334 g/mol. The highest BCUT2D eigenvalue weighted by Crippen LogP contribution is 2.31. The zero-order valence-electron chi connectivity index (χ0n) is 15.0. The number of hydrogen-bond acceptors (Lipinski definition) is 4. The second kappa shape index (κ2) is 6.93. The summed E-state index contributed by atoms with van der Waals surface area (Å²) < 4.78 is 5.22. The summed E-state index contributed by atoms with van der Waals surface area (Å²) in [6.07, 6.45) is 1.58. The van der Waals surface area contributed by atoms with E-state index in [2.05, 4.69) is 23.3 Å². The van der Waals surface area contributed by atoms with Gasteiger partial charge in [-0.1, -0.05) is 29.3 Å². The molecule has 0 fully saturated rings. The maximum Gasteiger partial charge on any atom is 0.341 e. The first kappa shape index (κ1) is 17.0. The molecule has 0 aliphatic heterocycles. The van der Waals surface area contributed by atoms with E-state index in [1.165, 1.54) is 5.56 Å². The Bertz CT molecular complexity index is 948. The normalized spacial score (nSPS) is 10.7. The van der Waals surface area contributed by atoms with Crippen LogP contribution in [0.4, 0.5) is 11.4 Å². The van der Waals surface area contributed by atoms with Gasteiger partial charge in [-0.05, 0) is 51.5 Å². The molecule has 1 aromatic heterocycles. The highest BCUT2D eigenvalue weighted by Gasteiger charge is 2.17. The molecule has 0 bridgehead atoms. The van der Waals surface area contributed by atoms with Crippen LogP contribution in [-0.4, -0.2) is 17.6 Å². The van der Waals surface area contributed by atoms with Crippen molar-refractivity contribution >= 4 is 28.2 Å². The average molecular weight is 334 g/mol. The van der Waals surface area contributed by atoms with Crippen LogP contribution in [0.5, 0.6) is 0 Å². The number of nitrogens with zero attached hydrogens (tertiary/aromatic N) is 1.